The number of hydrogen-bond donors (Lipinski definition) is 0. The van der Waals surface area contributed by atoms with Gasteiger partial charge in [-0.15, -0.1) is 0 Å². The summed E-state index contributed by atoms with van der Waals surface area (Å²) < 4.78 is 6.47. The number of hydrogen-bond acceptors (Lipinski definition) is 4. The maximum absolute atomic E-state index is 12.0. The summed E-state index contributed by atoms with van der Waals surface area (Å²) in [5.41, 5.74) is 0.460. The van der Waals surface area contributed by atoms with E-state index in [-0.39, 0.29) is 22.7 Å². The van der Waals surface area contributed by atoms with E-state index in [0.717, 1.165) is 5.56 Å². The van der Waals surface area contributed by atoms with Crippen LogP contribution in [-0.4, -0.2) is 33.9 Å². The quantitative estimate of drug-likeness (QED) is 0.850. The van der Waals surface area contributed by atoms with Crippen molar-refractivity contribution < 1.29 is 9.53 Å². The van der Waals surface area contributed by atoms with E-state index >= 15 is 0 Å². The van der Waals surface area contributed by atoms with Gasteiger partial charge in [-0.25, -0.2) is 9.48 Å². The standard InChI is InChI=1S/C15H13Cl2N3O3/c16-12-6-18-20(14(21)13(12)17)11-7-19(8-11)15(22)23-9-10-4-2-1-3-5-10/h1-6,11H,7-9H2. The van der Waals surface area contributed by atoms with Gasteiger partial charge in [0.2, 0.25) is 0 Å². The molecule has 0 atom stereocenters. The Morgan fingerprint density at radius 1 is 1.26 bits per heavy atom. The SMILES string of the molecule is O=C(OCc1ccccc1)N1CC(n2ncc(Cl)c(Cl)c2=O)C1. The predicted molar refractivity (Wildman–Crippen MR) is 85.8 cm³/mol. The van der Waals surface area contributed by atoms with Gasteiger partial charge in [0.15, 0.2) is 0 Å². The first-order chi connectivity index (χ1) is 11.1. The summed E-state index contributed by atoms with van der Waals surface area (Å²) in [4.78, 5) is 25.4. The third-order valence-electron chi connectivity index (χ3n) is 3.57. The fraction of sp³-hybridized carbons (Fsp3) is 0.267. The van der Waals surface area contributed by atoms with Crippen molar-refractivity contribution in [1.29, 1.82) is 0 Å². The lowest BCUT2D eigenvalue weighted by Crippen LogP contribution is -2.53. The molecule has 0 aliphatic carbocycles. The maximum Gasteiger partial charge on any atom is 0.410 e. The Balaban J connectivity index is 1.56. The van der Waals surface area contributed by atoms with E-state index in [9.17, 15) is 9.59 Å². The first-order valence-electron chi connectivity index (χ1n) is 6.94. The monoisotopic (exact) mass is 353 g/mol. The van der Waals surface area contributed by atoms with E-state index in [1.165, 1.54) is 15.8 Å². The van der Waals surface area contributed by atoms with Crippen molar-refractivity contribution in [2.24, 2.45) is 0 Å². The maximum atomic E-state index is 12.0. The van der Waals surface area contributed by atoms with Gasteiger partial charge < -0.3 is 9.64 Å². The van der Waals surface area contributed by atoms with Crippen LogP contribution < -0.4 is 5.56 Å². The minimum Gasteiger partial charge on any atom is -0.445 e. The molecule has 1 aliphatic heterocycles. The van der Waals surface area contributed by atoms with Gasteiger partial charge in [0.1, 0.15) is 11.6 Å². The van der Waals surface area contributed by atoms with Crippen LogP contribution in [0.2, 0.25) is 10.0 Å². The van der Waals surface area contributed by atoms with Crippen molar-refractivity contribution >= 4 is 29.3 Å². The second-order valence-electron chi connectivity index (χ2n) is 5.16. The Bertz CT molecular complexity index is 773. The van der Waals surface area contributed by atoms with Crippen molar-refractivity contribution in [3.8, 4) is 0 Å². The molecule has 0 unspecified atom stereocenters. The van der Waals surface area contributed by atoms with Crippen LogP contribution in [0.5, 0.6) is 0 Å². The Hall–Kier alpha value is -2.05. The molecule has 0 N–H and O–H groups in total. The molecule has 2 aromatic rings. The number of aromatic nitrogens is 2. The lowest BCUT2D eigenvalue weighted by atomic mass is 10.1. The summed E-state index contributed by atoms with van der Waals surface area (Å²) in [6, 6.07) is 9.20. The number of nitrogens with zero attached hydrogens (tertiary/aromatic N) is 3. The number of carbonyl (C=O) groups is 1. The fourth-order valence-corrected chi connectivity index (χ4v) is 2.51. The van der Waals surface area contributed by atoms with Crippen LogP contribution in [0.4, 0.5) is 4.79 Å². The van der Waals surface area contributed by atoms with Gasteiger partial charge in [0.05, 0.1) is 17.3 Å². The third-order valence-corrected chi connectivity index (χ3v) is 4.32. The Morgan fingerprint density at radius 3 is 2.65 bits per heavy atom. The van der Waals surface area contributed by atoms with E-state index < -0.39 is 11.7 Å². The summed E-state index contributed by atoms with van der Waals surface area (Å²) in [5, 5.41) is 4.01. The number of likely N-dealkylation sites (tertiary alicyclic amines) is 1. The number of amides is 1. The van der Waals surface area contributed by atoms with Crippen LogP contribution in [0, 0.1) is 0 Å². The fourth-order valence-electron chi connectivity index (χ4n) is 2.25. The summed E-state index contributed by atoms with van der Waals surface area (Å²) in [6.45, 7) is 0.906. The lowest BCUT2D eigenvalue weighted by Gasteiger charge is -2.38. The van der Waals surface area contributed by atoms with Crippen LogP contribution in [-0.2, 0) is 11.3 Å². The summed E-state index contributed by atoms with van der Waals surface area (Å²) in [7, 11) is 0. The van der Waals surface area contributed by atoms with Gasteiger partial charge in [-0.2, -0.15) is 5.10 Å². The number of benzene rings is 1. The second-order valence-corrected chi connectivity index (χ2v) is 5.94. The van der Waals surface area contributed by atoms with Gasteiger partial charge in [-0.05, 0) is 5.56 Å². The molecule has 3 rings (SSSR count). The highest BCUT2D eigenvalue weighted by Gasteiger charge is 2.34. The minimum atomic E-state index is -0.457. The topological polar surface area (TPSA) is 64.4 Å². The molecule has 1 amide bonds. The van der Waals surface area contributed by atoms with Gasteiger partial charge in [0, 0.05) is 13.1 Å². The molecule has 6 nitrogen and oxygen atoms in total. The van der Waals surface area contributed by atoms with Gasteiger partial charge in [0.25, 0.3) is 5.56 Å². The molecule has 0 bridgehead atoms. The molecule has 2 heterocycles. The van der Waals surface area contributed by atoms with Crippen molar-refractivity contribution in [3.63, 3.8) is 0 Å². The van der Waals surface area contributed by atoms with E-state index in [0.29, 0.717) is 13.1 Å². The lowest BCUT2D eigenvalue weighted by molar-refractivity contribution is 0.0483. The average Bonchev–Trinajstić information content (AvgIpc) is 2.52. The highest BCUT2D eigenvalue weighted by molar-refractivity contribution is 6.41. The zero-order valence-corrected chi connectivity index (χ0v) is 13.5. The van der Waals surface area contributed by atoms with Crippen LogP contribution in [0.15, 0.2) is 41.3 Å². The van der Waals surface area contributed by atoms with Crippen LogP contribution in [0.3, 0.4) is 0 Å². The summed E-state index contributed by atoms with van der Waals surface area (Å²) in [6.07, 6.45) is 0.903. The van der Waals surface area contributed by atoms with E-state index in [4.69, 9.17) is 27.9 Å². The van der Waals surface area contributed by atoms with Crippen molar-refractivity contribution in [2.45, 2.75) is 12.6 Å². The molecule has 0 saturated carbocycles. The van der Waals surface area contributed by atoms with Gasteiger partial charge >= 0.3 is 6.09 Å². The molecule has 8 heteroatoms. The molecule has 1 fully saturated rings. The smallest absolute Gasteiger partial charge is 0.410 e. The largest absolute Gasteiger partial charge is 0.445 e. The zero-order chi connectivity index (χ0) is 16.4. The Morgan fingerprint density at radius 2 is 1.96 bits per heavy atom. The molecule has 1 aromatic heterocycles. The molecule has 0 spiro atoms. The first kappa shape index (κ1) is 15.8. The van der Waals surface area contributed by atoms with E-state index in [1.54, 1.807) is 0 Å². The van der Waals surface area contributed by atoms with Crippen molar-refractivity contribution in [1.82, 2.24) is 14.7 Å². The molecule has 1 saturated heterocycles. The zero-order valence-electron chi connectivity index (χ0n) is 12.0. The summed E-state index contributed by atoms with van der Waals surface area (Å²) >= 11 is 11.6. The molecule has 0 radical (unpaired) electrons. The average molecular weight is 354 g/mol. The molecule has 23 heavy (non-hydrogen) atoms. The third kappa shape index (κ3) is 3.33. The van der Waals surface area contributed by atoms with Crippen LogP contribution >= 0.6 is 23.2 Å². The molecule has 1 aliphatic rings. The highest BCUT2D eigenvalue weighted by Crippen LogP contribution is 2.22. The Kier molecular flexibility index (Phi) is 4.54. The van der Waals surface area contributed by atoms with E-state index in [2.05, 4.69) is 5.10 Å². The number of carbonyl (C=O) groups excluding carboxylic acids is 1. The number of rotatable bonds is 3. The van der Waals surface area contributed by atoms with Crippen molar-refractivity contribution in [2.75, 3.05) is 13.1 Å². The second kappa shape index (κ2) is 6.60. The first-order valence-corrected chi connectivity index (χ1v) is 7.70. The van der Waals surface area contributed by atoms with Crippen LogP contribution in [0.1, 0.15) is 11.6 Å². The summed E-state index contributed by atoms with van der Waals surface area (Å²) in [5.74, 6) is 0. The molecule has 1 aromatic carbocycles. The van der Waals surface area contributed by atoms with E-state index in [1.807, 2.05) is 30.3 Å². The molecular weight excluding hydrogens is 341 g/mol. The predicted octanol–water partition coefficient (Wildman–Crippen LogP) is 2.74. The normalized spacial score (nSPS) is 14.4. The highest BCUT2D eigenvalue weighted by atomic mass is 35.5. The molecular formula is C15H13Cl2N3O3. The van der Waals surface area contributed by atoms with Gasteiger partial charge in [-0.3, -0.25) is 4.79 Å². The van der Waals surface area contributed by atoms with Gasteiger partial charge in [-0.1, -0.05) is 53.5 Å². The van der Waals surface area contributed by atoms with Crippen molar-refractivity contribution in [3.05, 3.63) is 62.5 Å². The Labute approximate surface area is 142 Å². The van der Waals surface area contributed by atoms with Crippen LogP contribution in [0.25, 0.3) is 0 Å². The minimum absolute atomic E-state index is 0.0632. The number of halogens is 2. The molecule has 120 valence electrons. The number of ether oxygens (including phenoxy) is 1.